The summed E-state index contributed by atoms with van der Waals surface area (Å²) < 4.78 is 0. The Balaban J connectivity index is 2.06. The minimum Gasteiger partial charge on any atom is -0.297 e. The van der Waals surface area contributed by atoms with E-state index in [1.165, 1.54) is 32.2 Å². The molecule has 2 atom stereocenters. The molecule has 104 valence electrons. The first-order valence-electron chi connectivity index (χ1n) is 7.57. The number of hydrogen-bond donors (Lipinski definition) is 1. The van der Waals surface area contributed by atoms with Gasteiger partial charge in [-0.3, -0.25) is 10.3 Å². The zero-order valence-electron chi connectivity index (χ0n) is 12.2. The largest absolute Gasteiger partial charge is 0.297 e. The fraction of sp³-hybridized carbons (Fsp3) is 0.867. The highest BCUT2D eigenvalue weighted by Crippen LogP contribution is 2.27. The lowest BCUT2D eigenvalue weighted by Crippen LogP contribution is -2.50. The summed E-state index contributed by atoms with van der Waals surface area (Å²) in [4.78, 5) is 2.72. The molecule has 2 rings (SSSR count). The van der Waals surface area contributed by atoms with Gasteiger partial charge in [0.05, 0.1) is 0 Å². The van der Waals surface area contributed by atoms with Gasteiger partial charge < -0.3 is 0 Å². The molecule has 0 saturated carbocycles. The Labute approximate surface area is 112 Å². The monoisotopic (exact) mass is 251 g/mol. The van der Waals surface area contributed by atoms with Gasteiger partial charge in [-0.25, -0.2) is 5.01 Å². The number of nitrogens with zero attached hydrogens (tertiary/aromatic N) is 2. The van der Waals surface area contributed by atoms with Gasteiger partial charge in [-0.2, -0.15) is 0 Å². The first kappa shape index (κ1) is 14.0. The van der Waals surface area contributed by atoms with Crippen molar-refractivity contribution < 1.29 is 0 Å². The Morgan fingerprint density at radius 3 is 2.78 bits per heavy atom. The second-order valence-electron chi connectivity index (χ2n) is 5.95. The minimum absolute atomic E-state index is 0.676. The average Bonchev–Trinajstić information content (AvgIpc) is 2.64. The molecule has 2 aliphatic rings. The van der Waals surface area contributed by atoms with Crippen molar-refractivity contribution in [2.75, 3.05) is 26.7 Å². The number of hydrazine groups is 1. The molecule has 0 spiro atoms. The van der Waals surface area contributed by atoms with Crippen molar-refractivity contribution in [3.63, 3.8) is 0 Å². The van der Waals surface area contributed by atoms with Gasteiger partial charge in [0.1, 0.15) is 0 Å². The van der Waals surface area contributed by atoms with E-state index in [4.69, 9.17) is 0 Å². The molecule has 0 aliphatic carbocycles. The molecular weight excluding hydrogens is 222 g/mol. The zero-order chi connectivity index (χ0) is 13.0. The van der Waals surface area contributed by atoms with Crippen LogP contribution in [-0.2, 0) is 0 Å². The summed E-state index contributed by atoms with van der Waals surface area (Å²) in [5.74, 6) is 0.683. The Morgan fingerprint density at radius 2 is 2.06 bits per heavy atom. The van der Waals surface area contributed by atoms with Crippen LogP contribution in [0.3, 0.4) is 0 Å². The number of nitrogens with one attached hydrogen (secondary N) is 1. The summed E-state index contributed by atoms with van der Waals surface area (Å²) in [6.45, 7) is 8.26. The van der Waals surface area contributed by atoms with Crippen LogP contribution in [0, 0.1) is 5.92 Å². The van der Waals surface area contributed by atoms with E-state index in [0.29, 0.717) is 12.0 Å². The van der Waals surface area contributed by atoms with Gasteiger partial charge in [0.2, 0.25) is 0 Å². The highest BCUT2D eigenvalue weighted by Gasteiger charge is 2.31. The minimum atomic E-state index is 0.676. The number of likely N-dealkylation sites (tertiary alicyclic amines) is 1. The van der Waals surface area contributed by atoms with Crippen LogP contribution in [0.2, 0.25) is 0 Å². The summed E-state index contributed by atoms with van der Waals surface area (Å²) in [5, 5.41) is 2.37. The van der Waals surface area contributed by atoms with E-state index in [1.807, 2.05) is 7.05 Å². The van der Waals surface area contributed by atoms with E-state index < -0.39 is 0 Å². The SMILES string of the molecule is CNN1CCC=CC(C2CCCCN2C(C)C)C1. The first-order valence-corrected chi connectivity index (χ1v) is 7.57. The molecule has 1 N–H and O–H groups in total. The molecule has 2 heterocycles. The molecule has 2 aliphatic heterocycles. The van der Waals surface area contributed by atoms with Crippen molar-refractivity contribution in [1.82, 2.24) is 15.3 Å². The lowest BCUT2D eigenvalue weighted by Gasteiger charge is -2.42. The van der Waals surface area contributed by atoms with E-state index in [9.17, 15) is 0 Å². The molecule has 0 aromatic heterocycles. The van der Waals surface area contributed by atoms with Crippen molar-refractivity contribution in [3.05, 3.63) is 12.2 Å². The van der Waals surface area contributed by atoms with Gasteiger partial charge in [-0.1, -0.05) is 18.6 Å². The Morgan fingerprint density at radius 1 is 1.22 bits per heavy atom. The summed E-state index contributed by atoms with van der Waals surface area (Å²) in [6, 6.07) is 1.42. The Kier molecular flexibility index (Phi) is 5.22. The summed E-state index contributed by atoms with van der Waals surface area (Å²) in [5.41, 5.74) is 3.33. The van der Waals surface area contributed by atoms with Crippen LogP contribution >= 0.6 is 0 Å². The van der Waals surface area contributed by atoms with Crippen LogP contribution in [0.1, 0.15) is 39.5 Å². The summed E-state index contributed by atoms with van der Waals surface area (Å²) >= 11 is 0. The van der Waals surface area contributed by atoms with Crippen LogP contribution in [-0.4, -0.2) is 48.7 Å². The Bertz CT molecular complexity index is 275. The normalized spacial score (nSPS) is 31.8. The first-order chi connectivity index (χ1) is 8.72. The predicted molar refractivity (Wildman–Crippen MR) is 77.4 cm³/mol. The molecule has 0 aromatic rings. The van der Waals surface area contributed by atoms with Crippen LogP contribution in [0.5, 0.6) is 0 Å². The van der Waals surface area contributed by atoms with E-state index in [0.717, 1.165) is 19.1 Å². The van der Waals surface area contributed by atoms with Crippen LogP contribution in [0.15, 0.2) is 12.2 Å². The van der Waals surface area contributed by atoms with Crippen molar-refractivity contribution in [3.8, 4) is 0 Å². The van der Waals surface area contributed by atoms with E-state index >= 15 is 0 Å². The van der Waals surface area contributed by atoms with E-state index in [2.05, 4.69) is 41.3 Å². The molecule has 1 fully saturated rings. The molecule has 18 heavy (non-hydrogen) atoms. The maximum atomic E-state index is 3.33. The Hall–Kier alpha value is -0.380. The van der Waals surface area contributed by atoms with Gasteiger partial charge >= 0.3 is 0 Å². The topological polar surface area (TPSA) is 18.5 Å². The maximum Gasteiger partial charge on any atom is 0.0209 e. The molecule has 1 saturated heterocycles. The van der Waals surface area contributed by atoms with Gasteiger partial charge in [-0.15, -0.1) is 0 Å². The van der Waals surface area contributed by atoms with E-state index in [1.54, 1.807) is 0 Å². The third-order valence-electron chi connectivity index (χ3n) is 4.45. The van der Waals surface area contributed by atoms with Crippen LogP contribution < -0.4 is 5.43 Å². The summed E-state index contributed by atoms with van der Waals surface area (Å²) in [6.07, 6.45) is 10.2. The third kappa shape index (κ3) is 3.34. The van der Waals surface area contributed by atoms with Crippen LogP contribution in [0.4, 0.5) is 0 Å². The number of rotatable bonds is 3. The quantitative estimate of drug-likeness (QED) is 0.776. The molecule has 0 bridgehead atoms. The molecule has 3 nitrogen and oxygen atoms in total. The number of piperidine rings is 1. The number of hydrogen-bond acceptors (Lipinski definition) is 3. The molecule has 3 heteroatoms. The third-order valence-corrected chi connectivity index (χ3v) is 4.45. The van der Waals surface area contributed by atoms with Gasteiger partial charge in [-0.05, 0) is 46.7 Å². The van der Waals surface area contributed by atoms with Crippen molar-refractivity contribution in [2.24, 2.45) is 5.92 Å². The highest BCUT2D eigenvalue weighted by molar-refractivity contribution is 5.00. The zero-order valence-corrected chi connectivity index (χ0v) is 12.2. The van der Waals surface area contributed by atoms with Gasteiger partial charge in [0.25, 0.3) is 0 Å². The smallest absolute Gasteiger partial charge is 0.0209 e. The molecule has 0 aromatic carbocycles. The van der Waals surface area contributed by atoms with E-state index in [-0.39, 0.29) is 0 Å². The predicted octanol–water partition coefficient (Wildman–Crippen LogP) is 2.26. The second kappa shape index (κ2) is 6.69. The molecular formula is C15H29N3. The summed E-state index contributed by atoms with van der Waals surface area (Å²) in [7, 11) is 2.05. The second-order valence-corrected chi connectivity index (χ2v) is 5.95. The average molecular weight is 251 g/mol. The van der Waals surface area contributed by atoms with Gasteiger partial charge in [0, 0.05) is 31.1 Å². The van der Waals surface area contributed by atoms with Crippen molar-refractivity contribution >= 4 is 0 Å². The lowest BCUT2D eigenvalue weighted by atomic mass is 9.89. The standard InChI is InChI=1S/C15H29N3/c1-13(2)18-11-7-5-9-15(18)14-8-4-6-10-17(12-14)16-3/h4,8,13-16H,5-7,9-12H2,1-3H3. The highest BCUT2D eigenvalue weighted by atomic mass is 15.5. The molecule has 0 amide bonds. The van der Waals surface area contributed by atoms with Gasteiger partial charge in [0.15, 0.2) is 0 Å². The molecule has 0 radical (unpaired) electrons. The fourth-order valence-electron chi connectivity index (χ4n) is 3.44. The van der Waals surface area contributed by atoms with Crippen molar-refractivity contribution in [2.45, 2.75) is 51.6 Å². The van der Waals surface area contributed by atoms with Crippen molar-refractivity contribution in [1.29, 1.82) is 0 Å². The molecule has 2 unspecified atom stereocenters. The lowest BCUT2D eigenvalue weighted by molar-refractivity contribution is 0.0636. The maximum absolute atomic E-state index is 3.33. The van der Waals surface area contributed by atoms with Crippen LogP contribution in [0.25, 0.3) is 0 Å². The fourth-order valence-corrected chi connectivity index (χ4v) is 3.44.